The lowest BCUT2D eigenvalue weighted by atomic mass is 10.0. The molecule has 3 heterocycles. The molecule has 0 aliphatic carbocycles. The standard InChI is InChI=1S/C27H30N4O4S2/c1-35-24-10-4-3-8-21(24)9-6-15-31(37(2,33)34)27-23(17-28)22-13-16-30(19-25(22)36-27)26(32)12-11-20-7-5-14-29-18-20/h3-5,7-8,10,14,18H,6,9,11-13,15-16,19H2,1-2H3. The van der Waals surface area contributed by atoms with Crippen LogP contribution in [0, 0.1) is 11.3 Å². The lowest BCUT2D eigenvalue weighted by Gasteiger charge is -2.27. The van der Waals surface area contributed by atoms with Crippen molar-refractivity contribution in [3.63, 3.8) is 0 Å². The first-order valence-corrected chi connectivity index (χ1v) is 14.8. The van der Waals surface area contributed by atoms with E-state index in [1.807, 2.05) is 36.4 Å². The van der Waals surface area contributed by atoms with Gasteiger partial charge in [0.15, 0.2) is 0 Å². The van der Waals surface area contributed by atoms with Crippen LogP contribution in [0.25, 0.3) is 0 Å². The van der Waals surface area contributed by atoms with Crippen LogP contribution in [-0.4, -0.2) is 50.7 Å². The number of thiophene rings is 1. The fourth-order valence-corrected chi connectivity index (χ4v) is 7.21. The fraction of sp³-hybridized carbons (Fsp3) is 0.370. The van der Waals surface area contributed by atoms with Gasteiger partial charge in [-0.3, -0.25) is 14.1 Å². The number of sulfonamides is 1. The van der Waals surface area contributed by atoms with Crippen LogP contribution >= 0.6 is 11.3 Å². The summed E-state index contributed by atoms with van der Waals surface area (Å²) in [5.74, 6) is 0.811. The van der Waals surface area contributed by atoms with E-state index in [4.69, 9.17) is 4.74 Å². The largest absolute Gasteiger partial charge is 0.496 e. The zero-order valence-electron chi connectivity index (χ0n) is 21.0. The first kappa shape index (κ1) is 26.6. The molecule has 194 valence electrons. The quantitative estimate of drug-likeness (QED) is 0.387. The maximum Gasteiger partial charge on any atom is 0.232 e. The molecule has 1 amide bonds. The molecule has 0 saturated carbocycles. The number of nitriles is 1. The van der Waals surface area contributed by atoms with Gasteiger partial charge in [0.1, 0.15) is 16.8 Å². The van der Waals surface area contributed by atoms with Crippen LogP contribution in [0.15, 0.2) is 48.8 Å². The van der Waals surface area contributed by atoms with Crippen LogP contribution in [0.3, 0.4) is 0 Å². The smallest absolute Gasteiger partial charge is 0.232 e. The zero-order chi connectivity index (χ0) is 26.4. The molecule has 0 N–H and O–H groups in total. The van der Waals surface area contributed by atoms with Gasteiger partial charge >= 0.3 is 0 Å². The number of benzene rings is 1. The summed E-state index contributed by atoms with van der Waals surface area (Å²) in [6.07, 6.45) is 7.38. The summed E-state index contributed by atoms with van der Waals surface area (Å²) >= 11 is 1.31. The predicted octanol–water partition coefficient (Wildman–Crippen LogP) is 3.94. The molecular weight excluding hydrogens is 508 g/mol. The molecule has 1 aromatic carbocycles. The Hall–Kier alpha value is -3.42. The van der Waals surface area contributed by atoms with E-state index in [1.165, 1.54) is 21.9 Å². The number of nitrogens with zero attached hydrogens (tertiary/aromatic N) is 4. The summed E-state index contributed by atoms with van der Waals surface area (Å²) in [5, 5.41) is 10.4. The molecule has 8 nitrogen and oxygen atoms in total. The van der Waals surface area contributed by atoms with Crippen molar-refractivity contribution in [2.24, 2.45) is 0 Å². The normalized spacial score (nSPS) is 13.1. The Kier molecular flexibility index (Phi) is 8.46. The third-order valence-electron chi connectivity index (χ3n) is 6.48. The Labute approximate surface area is 222 Å². The number of rotatable bonds is 10. The maximum absolute atomic E-state index is 12.9. The first-order valence-electron chi connectivity index (χ1n) is 12.1. The number of amides is 1. The molecule has 0 spiro atoms. The molecule has 37 heavy (non-hydrogen) atoms. The summed E-state index contributed by atoms with van der Waals surface area (Å²) in [6, 6.07) is 13.7. The van der Waals surface area contributed by atoms with E-state index in [-0.39, 0.29) is 12.5 Å². The fourth-order valence-electron chi connectivity index (χ4n) is 4.59. The van der Waals surface area contributed by atoms with Crippen LogP contribution in [0.1, 0.15) is 40.0 Å². The molecule has 2 aromatic heterocycles. The highest BCUT2D eigenvalue weighted by Gasteiger charge is 2.31. The number of carbonyl (C=O) groups excluding carboxylic acids is 1. The Bertz CT molecular complexity index is 1400. The summed E-state index contributed by atoms with van der Waals surface area (Å²) in [7, 11) is -2.00. The molecule has 4 rings (SSSR count). The topological polar surface area (TPSA) is 104 Å². The highest BCUT2D eigenvalue weighted by Crippen LogP contribution is 2.40. The molecular formula is C27H30N4O4S2. The lowest BCUT2D eigenvalue weighted by molar-refractivity contribution is -0.132. The second-order valence-corrected chi connectivity index (χ2v) is 12.0. The van der Waals surface area contributed by atoms with Gasteiger partial charge < -0.3 is 9.64 Å². The number of carbonyl (C=O) groups is 1. The van der Waals surface area contributed by atoms with Gasteiger partial charge in [0, 0.05) is 36.8 Å². The van der Waals surface area contributed by atoms with Crippen molar-refractivity contribution in [1.82, 2.24) is 9.88 Å². The van der Waals surface area contributed by atoms with Crippen molar-refractivity contribution in [1.29, 1.82) is 5.26 Å². The molecule has 0 unspecified atom stereocenters. The molecule has 10 heteroatoms. The summed E-state index contributed by atoms with van der Waals surface area (Å²) < 4.78 is 32.4. The average molecular weight is 539 g/mol. The number of ether oxygens (including phenoxy) is 1. The number of pyridine rings is 1. The minimum absolute atomic E-state index is 0.0414. The van der Waals surface area contributed by atoms with Crippen molar-refractivity contribution in [2.75, 3.05) is 30.8 Å². The second kappa shape index (κ2) is 11.8. The Morgan fingerprint density at radius 2 is 2.05 bits per heavy atom. The molecule has 1 aliphatic heterocycles. The molecule has 0 atom stereocenters. The number of aromatic nitrogens is 1. The maximum atomic E-state index is 12.9. The molecule has 0 bridgehead atoms. The molecule has 0 radical (unpaired) electrons. The predicted molar refractivity (Wildman–Crippen MR) is 144 cm³/mol. The SMILES string of the molecule is COc1ccccc1CCCN(c1sc2c(c1C#N)CCN(C(=O)CCc1cccnc1)C2)S(C)(=O)=O. The van der Waals surface area contributed by atoms with Crippen molar-refractivity contribution >= 4 is 32.3 Å². The Morgan fingerprint density at radius 3 is 2.76 bits per heavy atom. The van der Waals surface area contributed by atoms with Gasteiger partial charge in [-0.25, -0.2) is 8.42 Å². The number of hydrogen-bond acceptors (Lipinski definition) is 7. The van der Waals surface area contributed by atoms with E-state index in [0.717, 1.165) is 27.3 Å². The van der Waals surface area contributed by atoms with E-state index in [1.54, 1.807) is 24.4 Å². The van der Waals surface area contributed by atoms with Gasteiger partial charge in [0.2, 0.25) is 15.9 Å². The van der Waals surface area contributed by atoms with Crippen molar-refractivity contribution in [3.05, 3.63) is 75.9 Å². The Morgan fingerprint density at radius 1 is 1.24 bits per heavy atom. The molecule has 1 aliphatic rings. The number of hydrogen-bond donors (Lipinski definition) is 0. The highest BCUT2D eigenvalue weighted by molar-refractivity contribution is 7.92. The van der Waals surface area contributed by atoms with Gasteiger partial charge in [0.05, 0.1) is 25.5 Å². The van der Waals surface area contributed by atoms with E-state index in [9.17, 15) is 18.5 Å². The minimum Gasteiger partial charge on any atom is -0.496 e. The van der Waals surface area contributed by atoms with Crippen molar-refractivity contribution in [2.45, 2.75) is 38.6 Å². The van der Waals surface area contributed by atoms with Crippen molar-refractivity contribution < 1.29 is 17.9 Å². The van der Waals surface area contributed by atoms with Crippen LogP contribution in [0.5, 0.6) is 5.75 Å². The monoisotopic (exact) mass is 538 g/mol. The second-order valence-electron chi connectivity index (χ2n) is 8.97. The number of anilines is 1. The number of fused-ring (bicyclic) bond motifs is 1. The molecule has 3 aromatic rings. The van der Waals surface area contributed by atoms with Gasteiger partial charge in [-0.1, -0.05) is 24.3 Å². The third-order valence-corrected chi connectivity index (χ3v) is 9.00. The van der Waals surface area contributed by atoms with Gasteiger partial charge in [-0.05, 0) is 54.5 Å². The third kappa shape index (κ3) is 6.29. The summed E-state index contributed by atoms with van der Waals surface area (Å²) in [4.78, 5) is 19.7. The minimum atomic E-state index is -3.61. The highest BCUT2D eigenvalue weighted by atomic mass is 32.2. The van der Waals surface area contributed by atoms with E-state index >= 15 is 0 Å². The van der Waals surface area contributed by atoms with Gasteiger partial charge in [-0.15, -0.1) is 11.3 Å². The van der Waals surface area contributed by atoms with E-state index in [2.05, 4.69) is 11.1 Å². The van der Waals surface area contributed by atoms with E-state index in [0.29, 0.717) is 55.8 Å². The number of aryl methyl sites for hydroxylation is 2. The zero-order valence-corrected chi connectivity index (χ0v) is 22.6. The van der Waals surface area contributed by atoms with Crippen LogP contribution in [-0.2, 0) is 40.6 Å². The summed E-state index contributed by atoms with van der Waals surface area (Å²) in [5.41, 5.74) is 3.28. The van der Waals surface area contributed by atoms with Crippen LogP contribution < -0.4 is 9.04 Å². The van der Waals surface area contributed by atoms with Gasteiger partial charge in [0.25, 0.3) is 0 Å². The lowest BCUT2D eigenvalue weighted by Crippen LogP contribution is -2.35. The number of methoxy groups -OCH3 is 1. The van der Waals surface area contributed by atoms with Crippen molar-refractivity contribution in [3.8, 4) is 11.8 Å². The van der Waals surface area contributed by atoms with Crippen LogP contribution in [0.4, 0.5) is 5.00 Å². The van der Waals surface area contributed by atoms with E-state index < -0.39 is 10.0 Å². The molecule has 0 saturated heterocycles. The van der Waals surface area contributed by atoms with Gasteiger partial charge in [-0.2, -0.15) is 5.26 Å². The van der Waals surface area contributed by atoms with Crippen LogP contribution in [0.2, 0.25) is 0 Å². The molecule has 0 fully saturated rings. The number of para-hydroxylation sites is 1. The average Bonchev–Trinajstić information content (AvgIpc) is 3.26. The summed E-state index contributed by atoms with van der Waals surface area (Å²) in [6.45, 7) is 1.15. The first-order chi connectivity index (χ1) is 17.8. The Balaban J connectivity index is 1.49.